The van der Waals surface area contributed by atoms with Crippen molar-refractivity contribution in [2.75, 3.05) is 20.8 Å². The molecule has 0 saturated carbocycles. The molecule has 0 spiro atoms. The zero-order valence-electron chi connectivity index (χ0n) is 12.8. The van der Waals surface area contributed by atoms with E-state index in [0.717, 1.165) is 42.4 Å². The first-order valence-corrected chi connectivity index (χ1v) is 7.93. The molecule has 114 valence electrons. The SMILES string of the molecule is CCCNCc1cnc(Cc2ccc(OC)c(OC)c2)s1. The second-order valence-corrected chi connectivity index (χ2v) is 5.96. The van der Waals surface area contributed by atoms with E-state index in [9.17, 15) is 0 Å². The number of hydrogen-bond acceptors (Lipinski definition) is 5. The largest absolute Gasteiger partial charge is 0.493 e. The summed E-state index contributed by atoms with van der Waals surface area (Å²) >= 11 is 1.76. The van der Waals surface area contributed by atoms with Crippen molar-refractivity contribution >= 4 is 11.3 Å². The first-order chi connectivity index (χ1) is 10.3. The van der Waals surface area contributed by atoms with Crippen molar-refractivity contribution in [3.63, 3.8) is 0 Å². The third-order valence-electron chi connectivity index (χ3n) is 3.13. The van der Waals surface area contributed by atoms with Gasteiger partial charge >= 0.3 is 0 Å². The van der Waals surface area contributed by atoms with Crippen LogP contribution >= 0.6 is 11.3 Å². The highest BCUT2D eigenvalue weighted by atomic mass is 32.1. The van der Waals surface area contributed by atoms with Gasteiger partial charge in [0.1, 0.15) is 0 Å². The lowest BCUT2D eigenvalue weighted by atomic mass is 10.1. The minimum absolute atomic E-state index is 0.754. The molecule has 0 aliphatic heterocycles. The third kappa shape index (κ3) is 4.44. The Bertz CT molecular complexity index is 569. The van der Waals surface area contributed by atoms with Gasteiger partial charge in [-0.25, -0.2) is 4.98 Å². The molecule has 4 nitrogen and oxygen atoms in total. The number of rotatable bonds is 8. The molecule has 1 N–H and O–H groups in total. The molecule has 0 aliphatic rings. The second kappa shape index (κ2) is 8.00. The monoisotopic (exact) mass is 306 g/mol. The van der Waals surface area contributed by atoms with Gasteiger partial charge in [-0.3, -0.25) is 0 Å². The lowest BCUT2D eigenvalue weighted by Gasteiger charge is -2.08. The summed E-state index contributed by atoms with van der Waals surface area (Å²) in [5.41, 5.74) is 1.18. The highest BCUT2D eigenvalue weighted by Crippen LogP contribution is 2.29. The topological polar surface area (TPSA) is 43.4 Å². The average molecular weight is 306 g/mol. The molecule has 5 heteroatoms. The molecule has 0 unspecified atom stereocenters. The van der Waals surface area contributed by atoms with Crippen molar-refractivity contribution in [2.45, 2.75) is 26.3 Å². The molecular formula is C16H22N2O2S. The predicted molar refractivity (Wildman–Crippen MR) is 86.5 cm³/mol. The Balaban J connectivity index is 2.01. The van der Waals surface area contributed by atoms with Gasteiger partial charge in [-0.15, -0.1) is 11.3 Å². The molecule has 0 aliphatic carbocycles. The maximum Gasteiger partial charge on any atom is 0.160 e. The number of aromatic nitrogens is 1. The summed E-state index contributed by atoms with van der Waals surface area (Å²) in [6.45, 7) is 4.11. The van der Waals surface area contributed by atoms with Crippen molar-refractivity contribution in [2.24, 2.45) is 0 Å². The van der Waals surface area contributed by atoms with Gasteiger partial charge in [0.2, 0.25) is 0 Å². The minimum atomic E-state index is 0.754. The van der Waals surface area contributed by atoms with Gasteiger partial charge in [0.15, 0.2) is 11.5 Å². The van der Waals surface area contributed by atoms with E-state index in [-0.39, 0.29) is 0 Å². The van der Waals surface area contributed by atoms with Gasteiger partial charge in [0, 0.05) is 24.0 Å². The van der Waals surface area contributed by atoms with Crippen LogP contribution < -0.4 is 14.8 Å². The highest BCUT2D eigenvalue weighted by Gasteiger charge is 2.07. The summed E-state index contributed by atoms with van der Waals surface area (Å²) in [7, 11) is 3.30. The predicted octanol–water partition coefficient (Wildman–Crippen LogP) is 3.25. The van der Waals surface area contributed by atoms with Gasteiger partial charge in [0.25, 0.3) is 0 Å². The number of hydrogen-bond donors (Lipinski definition) is 1. The Morgan fingerprint density at radius 2 is 2.00 bits per heavy atom. The maximum absolute atomic E-state index is 5.33. The normalized spacial score (nSPS) is 10.6. The Hall–Kier alpha value is -1.59. The fraction of sp³-hybridized carbons (Fsp3) is 0.438. The second-order valence-electron chi connectivity index (χ2n) is 4.76. The van der Waals surface area contributed by atoms with E-state index in [1.165, 1.54) is 10.4 Å². The Morgan fingerprint density at radius 1 is 1.19 bits per heavy atom. The smallest absolute Gasteiger partial charge is 0.160 e. The molecule has 0 fully saturated rings. The lowest BCUT2D eigenvalue weighted by molar-refractivity contribution is 0.354. The van der Waals surface area contributed by atoms with Crippen LogP contribution in [0.3, 0.4) is 0 Å². The van der Waals surface area contributed by atoms with Gasteiger partial charge in [-0.1, -0.05) is 13.0 Å². The molecule has 1 heterocycles. The molecule has 0 bridgehead atoms. The van der Waals surface area contributed by atoms with Crippen LogP contribution in [0.4, 0.5) is 0 Å². The fourth-order valence-corrected chi connectivity index (χ4v) is 2.99. The number of nitrogens with zero attached hydrogens (tertiary/aromatic N) is 1. The van der Waals surface area contributed by atoms with Gasteiger partial charge in [-0.2, -0.15) is 0 Å². The van der Waals surface area contributed by atoms with Crippen LogP contribution in [0, 0.1) is 0 Å². The summed E-state index contributed by atoms with van der Waals surface area (Å²) in [6.07, 6.45) is 3.93. The first kappa shape index (κ1) is 15.8. The van der Waals surface area contributed by atoms with Gasteiger partial charge in [-0.05, 0) is 30.7 Å². The van der Waals surface area contributed by atoms with Crippen molar-refractivity contribution in [3.8, 4) is 11.5 Å². The third-order valence-corrected chi connectivity index (χ3v) is 4.13. The van der Waals surface area contributed by atoms with Crippen LogP contribution in [0.1, 0.15) is 28.8 Å². The molecule has 2 rings (SSSR count). The summed E-state index contributed by atoms with van der Waals surface area (Å²) in [5, 5.41) is 4.52. The van der Waals surface area contributed by atoms with Crippen molar-refractivity contribution < 1.29 is 9.47 Å². The van der Waals surface area contributed by atoms with E-state index in [2.05, 4.69) is 23.3 Å². The van der Waals surface area contributed by atoms with Gasteiger partial charge < -0.3 is 14.8 Å². The van der Waals surface area contributed by atoms with Crippen LogP contribution in [-0.2, 0) is 13.0 Å². The molecular weight excluding hydrogens is 284 g/mol. The van der Waals surface area contributed by atoms with E-state index in [4.69, 9.17) is 9.47 Å². The van der Waals surface area contributed by atoms with E-state index >= 15 is 0 Å². The summed E-state index contributed by atoms with van der Waals surface area (Å²) in [6, 6.07) is 6.00. The lowest BCUT2D eigenvalue weighted by Crippen LogP contribution is -2.12. The van der Waals surface area contributed by atoms with E-state index in [0.29, 0.717) is 0 Å². The molecule has 0 radical (unpaired) electrons. The number of benzene rings is 1. The van der Waals surface area contributed by atoms with Gasteiger partial charge in [0.05, 0.1) is 19.2 Å². The standard InChI is InChI=1S/C16H22N2O2S/c1-4-7-17-10-13-11-18-16(21-13)9-12-5-6-14(19-2)15(8-12)20-3/h5-6,8,11,17H,4,7,9-10H2,1-3H3. The molecule has 21 heavy (non-hydrogen) atoms. The molecule has 0 saturated heterocycles. The van der Waals surface area contributed by atoms with Crippen molar-refractivity contribution in [1.82, 2.24) is 10.3 Å². The van der Waals surface area contributed by atoms with Crippen LogP contribution in [0.15, 0.2) is 24.4 Å². The van der Waals surface area contributed by atoms with Crippen LogP contribution in [0.5, 0.6) is 11.5 Å². The molecule has 0 atom stereocenters. The molecule has 2 aromatic rings. The summed E-state index contributed by atoms with van der Waals surface area (Å²) < 4.78 is 10.6. The average Bonchev–Trinajstić information content (AvgIpc) is 2.95. The van der Waals surface area contributed by atoms with Crippen LogP contribution in [0.25, 0.3) is 0 Å². The Labute approximate surface area is 130 Å². The fourth-order valence-electron chi connectivity index (χ4n) is 2.07. The zero-order valence-corrected chi connectivity index (χ0v) is 13.6. The molecule has 1 aromatic heterocycles. The number of methoxy groups -OCH3 is 2. The van der Waals surface area contributed by atoms with Crippen LogP contribution in [-0.4, -0.2) is 25.7 Å². The first-order valence-electron chi connectivity index (χ1n) is 7.12. The quantitative estimate of drug-likeness (QED) is 0.760. The van der Waals surface area contributed by atoms with E-state index < -0.39 is 0 Å². The molecule has 0 amide bonds. The minimum Gasteiger partial charge on any atom is -0.493 e. The zero-order chi connectivity index (χ0) is 15.1. The Morgan fingerprint density at radius 3 is 2.71 bits per heavy atom. The Kier molecular flexibility index (Phi) is 6.02. The van der Waals surface area contributed by atoms with Crippen molar-refractivity contribution in [3.05, 3.63) is 39.8 Å². The van der Waals surface area contributed by atoms with E-state index in [1.807, 2.05) is 18.3 Å². The number of nitrogens with one attached hydrogen (secondary N) is 1. The summed E-state index contributed by atoms with van der Waals surface area (Å²) in [4.78, 5) is 5.77. The maximum atomic E-state index is 5.33. The molecule has 1 aromatic carbocycles. The summed E-state index contributed by atoms with van der Waals surface area (Å²) in [5.74, 6) is 1.52. The van der Waals surface area contributed by atoms with Crippen molar-refractivity contribution in [1.29, 1.82) is 0 Å². The number of ether oxygens (including phenoxy) is 2. The number of thiazole rings is 1. The highest BCUT2D eigenvalue weighted by molar-refractivity contribution is 7.11. The van der Waals surface area contributed by atoms with Crippen LogP contribution in [0.2, 0.25) is 0 Å². The van der Waals surface area contributed by atoms with E-state index in [1.54, 1.807) is 25.6 Å².